The molecule has 2 aromatic carbocycles. The number of pyridine rings is 1. The van der Waals surface area contributed by atoms with Gasteiger partial charge >= 0.3 is 0 Å². The number of unbranched alkanes of at least 4 members (excludes halogenated alkanes) is 1. The Balaban J connectivity index is 1.88. The van der Waals surface area contributed by atoms with Crippen LogP contribution in [-0.2, 0) is 13.1 Å². The van der Waals surface area contributed by atoms with Crippen molar-refractivity contribution in [3.05, 3.63) is 76.3 Å². The number of ketones is 1. The molecule has 148 valence electrons. The molecule has 0 spiro atoms. The number of aryl methyl sites for hydroxylation is 1. The maximum absolute atomic E-state index is 13.1. The van der Waals surface area contributed by atoms with E-state index in [2.05, 4.69) is 0 Å². The van der Waals surface area contributed by atoms with Crippen molar-refractivity contribution in [2.45, 2.75) is 32.9 Å². The van der Waals surface area contributed by atoms with Crippen molar-refractivity contribution in [2.24, 2.45) is 0 Å². The SMILES string of the molecule is CC(=O)c1cc2ccccc2n(Cc2nc3ccccc3n2CCCCF)c1=O. The van der Waals surface area contributed by atoms with Gasteiger partial charge in [0.25, 0.3) is 5.56 Å². The Morgan fingerprint density at radius 3 is 2.48 bits per heavy atom. The molecule has 0 unspecified atom stereocenters. The number of halogens is 1. The summed E-state index contributed by atoms with van der Waals surface area (Å²) >= 11 is 0. The maximum Gasteiger partial charge on any atom is 0.262 e. The highest BCUT2D eigenvalue weighted by atomic mass is 19.1. The van der Waals surface area contributed by atoms with Crippen LogP contribution in [0.15, 0.2) is 59.4 Å². The number of Topliss-reactive ketones (excluding diaryl/α,β-unsaturated/α-hetero) is 1. The Morgan fingerprint density at radius 2 is 1.72 bits per heavy atom. The van der Waals surface area contributed by atoms with Crippen LogP contribution >= 0.6 is 0 Å². The standard InChI is InChI=1S/C23H22FN3O2/c1-16(28)18-14-17-8-2-4-10-20(17)27(23(18)29)15-22-25-19-9-3-5-11-21(19)26(22)13-7-6-12-24/h2-5,8-11,14H,6-7,12-13,15H2,1H3. The van der Waals surface area contributed by atoms with E-state index in [1.165, 1.54) is 6.92 Å². The average Bonchev–Trinajstić information content (AvgIpc) is 3.07. The normalized spacial score (nSPS) is 11.4. The summed E-state index contributed by atoms with van der Waals surface area (Å²) in [6, 6.07) is 16.9. The molecular formula is C23H22FN3O2. The van der Waals surface area contributed by atoms with Gasteiger partial charge in [0, 0.05) is 6.54 Å². The van der Waals surface area contributed by atoms with E-state index in [0.717, 1.165) is 27.8 Å². The third-order valence-electron chi connectivity index (χ3n) is 5.18. The molecule has 0 saturated carbocycles. The number of alkyl halides is 1. The van der Waals surface area contributed by atoms with Crippen LogP contribution in [-0.4, -0.2) is 26.6 Å². The largest absolute Gasteiger partial charge is 0.326 e. The second kappa shape index (κ2) is 7.99. The van der Waals surface area contributed by atoms with Gasteiger partial charge in [-0.1, -0.05) is 30.3 Å². The van der Waals surface area contributed by atoms with E-state index in [1.54, 1.807) is 10.6 Å². The number of aromatic nitrogens is 3. The van der Waals surface area contributed by atoms with Crippen LogP contribution in [0.1, 0.15) is 35.9 Å². The van der Waals surface area contributed by atoms with Gasteiger partial charge < -0.3 is 9.13 Å². The second-order valence-corrected chi connectivity index (χ2v) is 7.13. The van der Waals surface area contributed by atoms with Crippen molar-refractivity contribution < 1.29 is 9.18 Å². The van der Waals surface area contributed by atoms with E-state index in [4.69, 9.17) is 4.98 Å². The predicted octanol–water partition coefficient (Wildman–Crippen LogP) is 4.35. The molecule has 0 fully saturated rings. The average molecular weight is 391 g/mol. The molecule has 2 heterocycles. The highest BCUT2D eigenvalue weighted by Crippen LogP contribution is 2.20. The Labute approximate surface area is 167 Å². The number of carbonyl (C=O) groups excluding carboxylic acids is 1. The van der Waals surface area contributed by atoms with Crippen LogP contribution in [0.2, 0.25) is 0 Å². The summed E-state index contributed by atoms with van der Waals surface area (Å²) in [7, 11) is 0. The summed E-state index contributed by atoms with van der Waals surface area (Å²) in [6.07, 6.45) is 1.17. The predicted molar refractivity (Wildman–Crippen MR) is 112 cm³/mol. The quantitative estimate of drug-likeness (QED) is 0.348. The van der Waals surface area contributed by atoms with Gasteiger partial charge in [-0.2, -0.15) is 0 Å². The lowest BCUT2D eigenvalue weighted by Gasteiger charge is -2.14. The zero-order valence-electron chi connectivity index (χ0n) is 16.3. The van der Waals surface area contributed by atoms with Gasteiger partial charge in [0.05, 0.1) is 35.3 Å². The van der Waals surface area contributed by atoms with Crippen LogP contribution < -0.4 is 5.56 Å². The van der Waals surface area contributed by atoms with Gasteiger partial charge in [0.2, 0.25) is 0 Å². The summed E-state index contributed by atoms with van der Waals surface area (Å²) in [4.78, 5) is 29.8. The molecule has 0 amide bonds. The van der Waals surface area contributed by atoms with E-state index in [0.29, 0.717) is 19.4 Å². The zero-order valence-corrected chi connectivity index (χ0v) is 16.3. The topological polar surface area (TPSA) is 56.9 Å². The van der Waals surface area contributed by atoms with E-state index >= 15 is 0 Å². The maximum atomic E-state index is 13.1. The molecule has 0 bridgehead atoms. The molecule has 4 rings (SSSR count). The molecule has 6 heteroatoms. The van der Waals surface area contributed by atoms with Crippen molar-refractivity contribution in [3.63, 3.8) is 0 Å². The van der Waals surface area contributed by atoms with Crippen molar-refractivity contribution in [1.29, 1.82) is 0 Å². The Morgan fingerprint density at radius 1 is 1.00 bits per heavy atom. The smallest absolute Gasteiger partial charge is 0.262 e. The van der Waals surface area contributed by atoms with Crippen LogP contribution in [0.3, 0.4) is 0 Å². The first-order chi connectivity index (χ1) is 14.1. The molecule has 4 aromatic rings. The van der Waals surface area contributed by atoms with E-state index in [-0.39, 0.29) is 30.1 Å². The molecule has 5 nitrogen and oxygen atoms in total. The van der Waals surface area contributed by atoms with E-state index in [1.807, 2.05) is 53.1 Å². The van der Waals surface area contributed by atoms with Crippen molar-refractivity contribution in [1.82, 2.24) is 14.1 Å². The van der Waals surface area contributed by atoms with Gasteiger partial charge in [-0.15, -0.1) is 0 Å². The van der Waals surface area contributed by atoms with E-state index in [9.17, 15) is 14.0 Å². The second-order valence-electron chi connectivity index (χ2n) is 7.13. The van der Waals surface area contributed by atoms with Crippen molar-refractivity contribution in [3.8, 4) is 0 Å². The van der Waals surface area contributed by atoms with Gasteiger partial charge in [-0.3, -0.25) is 14.0 Å². The monoisotopic (exact) mass is 391 g/mol. The van der Waals surface area contributed by atoms with Crippen LogP contribution in [0.4, 0.5) is 4.39 Å². The number of nitrogens with zero attached hydrogens (tertiary/aromatic N) is 3. The highest BCUT2D eigenvalue weighted by molar-refractivity contribution is 5.97. The highest BCUT2D eigenvalue weighted by Gasteiger charge is 2.16. The minimum atomic E-state index is -0.354. The summed E-state index contributed by atoms with van der Waals surface area (Å²) in [6.45, 7) is 1.92. The fourth-order valence-electron chi connectivity index (χ4n) is 3.74. The number of imidazole rings is 1. The summed E-state index contributed by atoms with van der Waals surface area (Å²) in [5.74, 6) is 0.462. The Kier molecular flexibility index (Phi) is 5.25. The molecule has 0 aliphatic carbocycles. The number of hydrogen-bond donors (Lipinski definition) is 0. The van der Waals surface area contributed by atoms with Gasteiger partial charge in [0.1, 0.15) is 5.82 Å². The summed E-state index contributed by atoms with van der Waals surface area (Å²) in [5, 5.41) is 0.831. The lowest BCUT2D eigenvalue weighted by atomic mass is 10.1. The molecule has 0 atom stereocenters. The van der Waals surface area contributed by atoms with Gasteiger partial charge in [0.15, 0.2) is 5.78 Å². The zero-order chi connectivity index (χ0) is 20.4. The van der Waals surface area contributed by atoms with Crippen molar-refractivity contribution >= 4 is 27.7 Å². The minimum absolute atomic E-state index is 0.170. The third kappa shape index (κ3) is 3.58. The lowest BCUT2D eigenvalue weighted by Crippen LogP contribution is -2.27. The molecular weight excluding hydrogens is 369 g/mol. The first-order valence-corrected chi connectivity index (χ1v) is 9.74. The number of fused-ring (bicyclic) bond motifs is 2. The number of para-hydroxylation sites is 3. The molecule has 0 aliphatic heterocycles. The lowest BCUT2D eigenvalue weighted by molar-refractivity contribution is 0.101. The fraction of sp³-hybridized carbons (Fsp3) is 0.261. The molecule has 2 aromatic heterocycles. The van der Waals surface area contributed by atoms with Crippen LogP contribution in [0, 0.1) is 0 Å². The molecule has 0 saturated heterocycles. The van der Waals surface area contributed by atoms with Crippen LogP contribution in [0.5, 0.6) is 0 Å². The van der Waals surface area contributed by atoms with Gasteiger partial charge in [-0.25, -0.2) is 4.98 Å². The Bertz CT molecular complexity index is 1260. The number of rotatable bonds is 7. The van der Waals surface area contributed by atoms with Crippen LogP contribution in [0.25, 0.3) is 21.9 Å². The fourth-order valence-corrected chi connectivity index (χ4v) is 3.74. The first-order valence-electron chi connectivity index (χ1n) is 9.74. The van der Waals surface area contributed by atoms with Crippen molar-refractivity contribution in [2.75, 3.05) is 6.67 Å². The molecule has 0 aliphatic rings. The number of hydrogen-bond acceptors (Lipinski definition) is 3. The van der Waals surface area contributed by atoms with E-state index < -0.39 is 0 Å². The minimum Gasteiger partial charge on any atom is -0.326 e. The van der Waals surface area contributed by atoms with Gasteiger partial charge in [-0.05, 0) is 49.4 Å². The molecule has 29 heavy (non-hydrogen) atoms. The Hall–Kier alpha value is -3.28. The third-order valence-corrected chi connectivity index (χ3v) is 5.18. The summed E-state index contributed by atoms with van der Waals surface area (Å²) in [5.41, 5.74) is 2.40. The summed E-state index contributed by atoms with van der Waals surface area (Å²) < 4.78 is 16.3. The number of carbonyl (C=O) groups is 1. The molecule has 0 radical (unpaired) electrons. The first kappa shape index (κ1) is 19.1. The number of benzene rings is 2. The molecule has 0 N–H and O–H groups in total.